The molecule has 0 spiro atoms. The topological polar surface area (TPSA) is 46.2 Å². The number of hydrogen-bond donors (Lipinski definition) is 0. The zero-order valence-corrected chi connectivity index (χ0v) is 13.2. The second-order valence-corrected chi connectivity index (χ2v) is 5.72. The number of rotatable bonds is 3. The van der Waals surface area contributed by atoms with Crippen LogP contribution in [0.5, 0.6) is 5.75 Å². The number of nitriles is 1. The van der Waals surface area contributed by atoms with Gasteiger partial charge in [0.15, 0.2) is 6.61 Å². The van der Waals surface area contributed by atoms with Crippen LogP contribution < -0.4 is 4.74 Å². The second-order valence-electron chi connectivity index (χ2n) is 5.72. The first-order valence-corrected chi connectivity index (χ1v) is 7.78. The van der Waals surface area contributed by atoms with Gasteiger partial charge in [0.1, 0.15) is 23.2 Å². The number of benzene rings is 3. The van der Waals surface area contributed by atoms with Crippen molar-refractivity contribution in [2.75, 3.05) is 6.61 Å². The summed E-state index contributed by atoms with van der Waals surface area (Å²) in [6.45, 7) is 2.07. The molecule has 0 aliphatic carbocycles. The van der Waals surface area contributed by atoms with Crippen LogP contribution in [0.4, 0.5) is 0 Å². The summed E-state index contributed by atoms with van der Waals surface area (Å²) in [4.78, 5) is 0. The fourth-order valence-corrected chi connectivity index (χ4v) is 3.01. The summed E-state index contributed by atoms with van der Waals surface area (Å²) in [6.07, 6.45) is 0. The summed E-state index contributed by atoms with van der Waals surface area (Å²) in [5.74, 6) is 1.61. The molecule has 4 rings (SSSR count). The molecule has 0 aliphatic heterocycles. The number of fused-ring (bicyclic) bond motifs is 2. The van der Waals surface area contributed by atoms with Crippen LogP contribution in [0.3, 0.4) is 0 Å². The van der Waals surface area contributed by atoms with Gasteiger partial charge in [-0.1, -0.05) is 36.4 Å². The molecule has 4 aromatic rings. The number of para-hydroxylation sites is 1. The Morgan fingerprint density at radius 2 is 1.88 bits per heavy atom. The van der Waals surface area contributed by atoms with E-state index >= 15 is 0 Å². The van der Waals surface area contributed by atoms with Crippen LogP contribution >= 0.6 is 0 Å². The van der Waals surface area contributed by atoms with Gasteiger partial charge < -0.3 is 9.15 Å². The molecule has 3 nitrogen and oxygen atoms in total. The van der Waals surface area contributed by atoms with Gasteiger partial charge in [-0.05, 0) is 47.5 Å². The Bertz CT molecular complexity index is 1050. The lowest BCUT2D eigenvalue weighted by Gasteiger charge is -2.10. The fraction of sp³-hybridized carbons (Fsp3) is 0.0952. The maximum Gasteiger partial charge on any atom is 0.174 e. The van der Waals surface area contributed by atoms with Gasteiger partial charge >= 0.3 is 0 Å². The summed E-state index contributed by atoms with van der Waals surface area (Å²) in [5, 5.41) is 12.0. The van der Waals surface area contributed by atoms with E-state index in [4.69, 9.17) is 14.4 Å². The first kappa shape index (κ1) is 14.3. The van der Waals surface area contributed by atoms with Crippen molar-refractivity contribution >= 4 is 21.7 Å². The first-order chi connectivity index (χ1) is 11.8. The van der Waals surface area contributed by atoms with Crippen molar-refractivity contribution in [2.45, 2.75) is 6.92 Å². The van der Waals surface area contributed by atoms with E-state index in [2.05, 4.69) is 24.3 Å². The van der Waals surface area contributed by atoms with E-state index in [9.17, 15) is 0 Å². The zero-order valence-electron chi connectivity index (χ0n) is 13.2. The Balaban J connectivity index is 1.79. The standard InChI is InChI=1S/C21H15NO2/c1-14-18-8-6-17(12-15(18)7-9-19(14)23-11-10-22)21-13-16-4-2-3-5-20(16)24-21/h2-9,12-13H,11H2,1H3. The van der Waals surface area contributed by atoms with Crippen LogP contribution in [0.25, 0.3) is 33.1 Å². The van der Waals surface area contributed by atoms with E-state index < -0.39 is 0 Å². The molecule has 0 unspecified atom stereocenters. The lowest BCUT2D eigenvalue weighted by Crippen LogP contribution is -1.96. The molecule has 0 N–H and O–H groups in total. The molecule has 0 saturated carbocycles. The van der Waals surface area contributed by atoms with Crippen LogP contribution in [-0.2, 0) is 0 Å². The van der Waals surface area contributed by atoms with Crippen LogP contribution in [-0.4, -0.2) is 6.61 Å². The minimum atomic E-state index is 0.0589. The Morgan fingerprint density at radius 3 is 2.71 bits per heavy atom. The number of nitrogens with zero attached hydrogens (tertiary/aromatic N) is 1. The molecule has 0 aliphatic rings. The van der Waals surface area contributed by atoms with E-state index in [-0.39, 0.29) is 6.61 Å². The summed E-state index contributed by atoms with van der Waals surface area (Å²) >= 11 is 0. The van der Waals surface area contributed by atoms with Crippen LogP contribution in [0, 0.1) is 18.3 Å². The quantitative estimate of drug-likeness (QED) is 0.504. The van der Waals surface area contributed by atoms with Gasteiger partial charge in [-0.2, -0.15) is 5.26 Å². The van der Waals surface area contributed by atoms with Gasteiger partial charge in [-0.3, -0.25) is 0 Å². The molecule has 1 heterocycles. The minimum absolute atomic E-state index is 0.0589. The molecule has 0 radical (unpaired) electrons. The zero-order chi connectivity index (χ0) is 16.5. The van der Waals surface area contributed by atoms with Crippen molar-refractivity contribution in [1.29, 1.82) is 5.26 Å². The van der Waals surface area contributed by atoms with E-state index in [1.807, 2.05) is 49.4 Å². The van der Waals surface area contributed by atoms with Gasteiger partial charge in [-0.25, -0.2) is 0 Å². The molecular formula is C21H15NO2. The monoisotopic (exact) mass is 313 g/mol. The molecule has 3 heteroatoms. The predicted octanol–water partition coefficient (Wildman–Crippen LogP) is 5.46. The maximum atomic E-state index is 8.67. The first-order valence-electron chi connectivity index (χ1n) is 7.78. The Morgan fingerprint density at radius 1 is 1.00 bits per heavy atom. The van der Waals surface area contributed by atoms with Crippen molar-refractivity contribution in [1.82, 2.24) is 0 Å². The van der Waals surface area contributed by atoms with Gasteiger partial charge in [0.25, 0.3) is 0 Å². The van der Waals surface area contributed by atoms with E-state index in [1.165, 1.54) is 0 Å². The number of furan rings is 1. The SMILES string of the molecule is Cc1c(OCC#N)ccc2cc(-c3cc4ccccc4o3)ccc12. The van der Waals surface area contributed by atoms with E-state index in [1.54, 1.807) is 0 Å². The van der Waals surface area contributed by atoms with Gasteiger partial charge in [0.2, 0.25) is 0 Å². The smallest absolute Gasteiger partial charge is 0.174 e. The van der Waals surface area contributed by atoms with E-state index in [0.717, 1.165) is 44.4 Å². The van der Waals surface area contributed by atoms with Crippen molar-refractivity contribution < 1.29 is 9.15 Å². The largest absolute Gasteiger partial charge is 0.478 e. The van der Waals surface area contributed by atoms with Gasteiger partial charge in [0, 0.05) is 10.9 Å². The average molecular weight is 313 g/mol. The third kappa shape index (κ3) is 2.39. The molecule has 1 aromatic heterocycles. The summed E-state index contributed by atoms with van der Waals surface area (Å²) < 4.78 is 11.4. The third-order valence-corrected chi connectivity index (χ3v) is 4.24. The Labute approximate surface area is 139 Å². The molecule has 0 fully saturated rings. The number of ether oxygens (including phenoxy) is 1. The normalized spacial score (nSPS) is 10.8. The highest BCUT2D eigenvalue weighted by Gasteiger charge is 2.09. The summed E-state index contributed by atoms with van der Waals surface area (Å²) in [5.41, 5.74) is 2.98. The number of aryl methyl sites for hydroxylation is 1. The minimum Gasteiger partial charge on any atom is -0.478 e. The van der Waals surface area contributed by atoms with Gasteiger partial charge in [0.05, 0.1) is 0 Å². The molecule has 0 bridgehead atoms. The third-order valence-electron chi connectivity index (χ3n) is 4.24. The van der Waals surface area contributed by atoms with E-state index in [0.29, 0.717) is 0 Å². The Kier molecular flexibility index (Phi) is 3.44. The van der Waals surface area contributed by atoms with Crippen molar-refractivity contribution in [3.63, 3.8) is 0 Å². The number of hydrogen-bond acceptors (Lipinski definition) is 3. The highest BCUT2D eigenvalue weighted by molar-refractivity contribution is 5.92. The molecule has 3 aromatic carbocycles. The molecule has 0 atom stereocenters. The lowest BCUT2D eigenvalue weighted by atomic mass is 10.0. The fourth-order valence-electron chi connectivity index (χ4n) is 3.01. The van der Waals surface area contributed by atoms with Crippen molar-refractivity contribution in [2.24, 2.45) is 0 Å². The lowest BCUT2D eigenvalue weighted by molar-refractivity contribution is 0.366. The van der Waals surface area contributed by atoms with Crippen LogP contribution in [0.15, 0.2) is 65.1 Å². The van der Waals surface area contributed by atoms with Crippen LogP contribution in [0.2, 0.25) is 0 Å². The highest BCUT2D eigenvalue weighted by atomic mass is 16.5. The van der Waals surface area contributed by atoms with Gasteiger partial charge in [-0.15, -0.1) is 0 Å². The highest BCUT2D eigenvalue weighted by Crippen LogP contribution is 2.33. The second kappa shape index (κ2) is 5.75. The molecule has 24 heavy (non-hydrogen) atoms. The van der Waals surface area contributed by atoms with Crippen molar-refractivity contribution in [3.05, 3.63) is 66.2 Å². The summed E-state index contributed by atoms with van der Waals surface area (Å²) in [7, 11) is 0. The molecular weight excluding hydrogens is 298 g/mol. The molecule has 116 valence electrons. The predicted molar refractivity (Wildman–Crippen MR) is 95.0 cm³/mol. The Hall–Kier alpha value is -3.25. The summed E-state index contributed by atoms with van der Waals surface area (Å²) in [6, 6.07) is 22.2. The average Bonchev–Trinajstić information content (AvgIpc) is 3.05. The van der Waals surface area contributed by atoms with Crippen LogP contribution in [0.1, 0.15) is 5.56 Å². The molecule has 0 saturated heterocycles. The van der Waals surface area contributed by atoms with Crippen molar-refractivity contribution in [3.8, 4) is 23.1 Å². The molecule has 0 amide bonds. The maximum absolute atomic E-state index is 8.67.